The van der Waals surface area contributed by atoms with Crippen molar-refractivity contribution in [2.45, 2.75) is 33.2 Å². The van der Waals surface area contributed by atoms with Gasteiger partial charge in [-0.25, -0.2) is 4.98 Å². The monoisotopic (exact) mass is 338 g/mol. The fraction of sp³-hybridized carbons (Fsp3) is 0.300. The molecule has 5 heteroatoms. The Morgan fingerprint density at radius 2 is 1.80 bits per heavy atom. The molecule has 25 heavy (non-hydrogen) atoms. The van der Waals surface area contributed by atoms with E-state index >= 15 is 0 Å². The molecule has 0 unspecified atom stereocenters. The Hall–Kier alpha value is -2.82. The van der Waals surface area contributed by atoms with Gasteiger partial charge in [-0.05, 0) is 35.2 Å². The van der Waals surface area contributed by atoms with Crippen molar-refractivity contribution in [3.63, 3.8) is 0 Å². The third kappa shape index (κ3) is 3.99. The van der Waals surface area contributed by atoms with Crippen LogP contribution in [0.15, 0.2) is 48.5 Å². The Morgan fingerprint density at radius 3 is 2.48 bits per heavy atom. The van der Waals surface area contributed by atoms with E-state index in [0.29, 0.717) is 13.0 Å². The van der Waals surface area contributed by atoms with Gasteiger partial charge >= 0.3 is 5.97 Å². The fourth-order valence-electron chi connectivity index (χ4n) is 3.12. The molecule has 1 heterocycles. The summed E-state index contributed by atoms with van der Waals surface area (Å²) < 4.78 is 2.13. The third-order valence-electron chi connectivity index (χ3n) is 4.28. The lowest BCUT2D eigenvalue weighted by Gasteiger charge is -2.22. The minimum absolute atomic E-state index is 0.0927. The Morgan fingerprint density at radius 1 is 1.12 bits per heavy atom. The standard InChI is InChI=1S/C20H22N2O3/c1-20(2,12-19(24)25)11-18-21-16-5-3-4-6-17(16)22(18)13-14-7-9-15(23)10-8-14/h3-10,23H,11-13H2,1-2H3,(H,24,25). The van der Waals surface area contributed by atoms with Gasteiger partial charge in [0.15, 0.2) is 0 Å². The van der Waals surface area contributed by atoms with E-state index in [1.165, 1.54) is 0 Å². The number of aromatic nitrogens is 2. The Bertz CT molecular complexity index is 895. The summed E-state index contributed by atoms with van der Waals surface area (Å²) in [7, 11) is 0. The van der Waals surface area contributed by atoms with E-state index in [2.05, 4.69) is 4.57 Å². The molecule has 0 saturated carbocycles. The molecule has 130 valence electrons. The fourth-order valence-corrected chi connectivity index (χ4v) is 3.12. The zero-order chi connectivity index (χ0) is 18.0. The third-order valence-corrected chi connectivity index (χ3v) is 4.28. The van der Waals surface area contributed by atoms with Gasteiger partial charge in [-0.1, -0.05) is 38.1 Å². The SMILES string of the molecule is CC(C)(CC(=O)O)Cc1nc2ccccc2n1Cc1ccc(O)cc1. The lowest BCUT2D eigenvalue weighted by molar-refractivity contribution is -0.139. The largest absolute Gasteiger partial charge is 0.508 e. The van der Waals surface area contributed by atoms with Crippen LogP contribution in [0.1, 0.15) is 31.7 Å². The van der Waals surface area contributed by atoms with Crippen LogP contribution >= 0.6 is 0 Å². The summed E-state index contributed by atoms with van der Waals surface area (Å²) in [6, 6.07) is 15.0. The van der Waals surface area contributed by atoms with Crippen molar-refractivity contribution in [2.75, 3.05) is 0 Å². The van der Waals surface area contributed by atoms with E-state index in [9.17, 15) is 9.90 Å². The van der Waals surface area contributed by atoms with E-state index in [-0.39, 0.29) is 17.6 Å². The predicted octanol–water partition coefficient (Wildman–Crippen LogP) is 3.83. The van der Waals surface area contributed by atoms with Crippen LogP contribution in [0.2, 0.25) is 0 Å². The van der Waals surface area contributed by atoms with Crippen molar-refractivity contribution in [3.05, 3.63) is 59.9 Å². The van der Waals surface area contributed by atoms with Crippen LogP contribution < -0.4 is 0 Å². The summed E-state index contributed by atoms with van der Waals surface area (Å²) in [6.07, 6.45) is 0.668. The van der Waals surface area contributed by atoms with Gasteiger partial charge in [0.05, 0.1) is 17.5 Å². The van der Waals surface area contributed by atoms with Crippen LogP contribution in [-0.4, -0.2) is 25.7 Å². The lowest BCUT2D eigenvalue weighted by atomic mass is 9.85. The molecule has 2 N–H and O–H groups in total. The number of imidazole rings is 1. The highest BCUT2D eigenvalue weighted by atomic mass is 16.4. The van der Waals surface area contributed by atoms with Crippen molar-refractivity contribution in [1.29, 1.82) is 0 Å². The Balaban J connectivity index is 1.99. The van der Waals surface area contributed by atoms with Crippen molar-refractivity contribution in [1.82, 2.24) is 9.55 Å². The number of para-hydroxylation sites is 2. The number of phenols is 1. The maximum absolute atomic E-state index is 11.1. The van der Waals surface area contributed by atoms with Crippen LogP contribution in [-0.2, 0) is 17.8 Å². The second-order valence-electron chi connectivity index (χ2n) is 7.18. The molecule has 0 bridgehead atoms. The number of nitrogens with zero attached hydrogens (tertiary/aromatic N) is 2. The zero-order valence-electron chi connectivity index (χ0n) is 14.4. The number of benzene rings is 2. The summed E-state index contributed by atoms with van der Waals surface area (Å²) in [4.78, 5) is 15.9. The van der Waals surface area contributed by atoms with Gasteiger partial charge in [0, 0.05) is 13.0 Å². The minimum Gasteiger partial charge on any atom is -0.508 e. The van der Waals surface area contributed by atoms with Gasteiger partial charge in [-0.2, -0.15) is 0 Å². The van der Waals surface area contributed by atoms with E-state index in [1.807, 2.05) is 50.2 Å². The lowest BCUT2D eigenvalue weighted by Crippen LogP contribution is -2.22. The average molecular weight is 338 g/mol. The number of hydrogen-bond donors (Lipinski definition) is 2. The van der Waals surface area contributed by atoms with Gasteiger partial charge < -0.3 is 14.8 Å². The Labute approximate surface area is 146 Å². The number of rotatable bonds is 6. The van der Waals surface area contributed by atoms with E-state index in [4.69, 9.17) is 10.1 Å². The van der Waals surface area contributed by atoms with E-state index < -0.39 is 5.97 Å². The van der Waals surface area contributed by atoms with Crippen molar-refractivity contribution in [2.24, 2.45) is 5.41 Å². The maximum atomic E-state index is 11.1. The molecule has 0 saturated heterocycles. The molecule has 5 nitrogen and oxygen atoms in total. The predicted molar refractivity (Wildman–Crippen MR) is 96.7 cm³/mol. The van der Waals surface area contributed by atoms with Crippen molar-refractivity contribution in [3.8, 4) is 5.75 Å². The van der Waals surface area contributed by atoms with Crippen molar-refractivity contribution < 1.29 is 15.0 Å². The highest BCUT2D eigenvalue weighted by molar-refractivity contribution is 5.76. The molecule has 0 amide bonds. The van der Waals surface area contributed by atoms with Crippen LogP contribution in [0.5, 0.6) is 5.75 Å². The summed E-state index contributed by atoms with van der Waals surface area (Å²) in [5.41, 5.74) is 2.59. The first-order valence-corrected chi connectivity index (χ1v) is 8.28. The average Bonchev–Trinajstić information content (AvgIpc) is 2.85. The van der Waals surface area contributed by atoms with E-state index in [0.717, 1.165) is 22.4 Å². The molecule has 3 aromatic rings. The minimum atomic E-state index is -0.800. The van der Waals surface area contributed by atoms with Gasteiger partial charge in [0.25, 0.3) is 0 Å². The summed E-state index contributed by atoms with van der Waals surface area (Å²) >= 11 is 0. The highest BCUT2D eigenvalue weighted by Gasteiger charge is 2.25. The number of aromatic hydroxyl groups is 1. The summed E-state index contributed by atoms with van der Waals surface area (Å²) in [6.45, 7) is 4.52. The Kier molecular flexibility index (Phi) is 4.49. The molecule has 0 aliphatic rings. The molecule has 0 aliphatic carbocycles. The summed E-state index contributed by atoms with van der Waals surface area (Å²) in [5, 5.41) is 18.6. The number of fused-ring (bicyclic) bond motifs is 1. The molecular formula is C20H22N2O3. The first kappa shape index (κ1) is 17.0. The molecule has 0 radical (unpaired) electrons. The molecule has 3 rings (SSSR count). The van der Waals surface area contributed by atoms with Gasteiger partial charge in [-0.15, -0.1) is 0 Å². The van der Waals surface area contributed by atoms with E-state index in [1.54, 1.807) is 12.1 Å². The number of carboxylic acids is 1. The van der Waals surface area contributed by atoms with Crippen LogP contribution in [0.4, 0.5) is 0 Å². The molecular weight excluding hydrogens is 316 g/mol. The molecule has 0 spiro atoms. The number of carboxylic acid groups (broad SMARTS) is 1. The number of phenolic OH excluding ortho intramolecular Hbond substituents is 1. The highest BCUT2D eigenvalue weighted by Crippen LogP contribution is 2.28. The molecule has 0 atom stereocenters. The van der Waals surface area contributed by atoms with Crippen LogP contribution in [0.3, 0.4) is 0 Å². The van der Waals surface area contributed by atoms with Gasteiger partial charge in [0.2, 0.25) is 0 Å². The topological polar surface area (TPSA) is 75.3 Å². The zero-order valence-corrected chi connectivity index (χ0v) is 14.4. The number of hydrogen-bond acceptors (Lipinski definition) is 3. The number of carbonyl (C=O) groups is 1. The second kappa shape index (κ2) is 6.59. The molecule has 1 aromatic heterocycles. The molecule has 2 aromatic carbocycles. The maximum Gasteiger partial charge on any atom is 0.303 e. The molecule has 0 fully saturated rings. The second-order valence-corrected chi connectivity index (χ2v) is 7.18. The van der Waals surface area contributed by atoms with Crippen molar-refractivity contribution >= 4 is 17.0 Å². The summed E-state index contributed by atoms with van der Waals surface area (Å²) in [5.74, 6) is 0.314. The smallest absolute Gasteiger partial charge is 0.303 e. The normalized spacial score (nSPS) is 11.8. The first-order chi connectivity index (χ1) is 11.8. The molecule has 0 aliphatic heterocycles. The van der Waals surface area contributed by atoms with Gasteiger partial charge in [-0.3, -0.25) is 4.79 Å². The first-order valence-electron chi connectivity index (χ1n) is 8.28. The number of aliphatic carboxylic acids is 1. The van der Waals surface area contributed by atoms with Gasteiger partial charge in [0.1, 0.15) is 11.6 Å². The van der Waals surface area contributed by atoms with Crippen LogP contribution in [0, 0.1) is 5.41 Å². The van der Waals surface area contributed by atoms with Crippen LogP contribution in [0.25, 0.3) is 11.0 Å². The quantitative estimate of drug-likeness (QED) is 0.716.